The van der Waals surface area contributed by atoms with Crippen LogP contribution in [0.2, 0.25) is 0 Å². The van der Waals surface area contributed by atoms with Gasteiger partial charge in [-0.1, -0.05) is 0 Å². The number of ether oxygens (including phenoxy) is 1. The molecule has 0 aromatic rings. The van der Waals surface area contributed by atoms with E-state index in [9.17, 15) is 9.59 Å². The Morgan fingerprint density at radius 1 is 1.62 bits per heavy atom. The van der Waals surface area contributed by atoms with Crippen LogP contribution < -0.4 is 5.32 Å². The first-order valence-electron chi connectivity index (χ1n) is 4.19. The number of methoxy groups -OCH3 is 1. The Morgan fingerprint density at radius 2 is 2.38 bits per heavy atom. The molecule has 1 fully saturated rings. The number of hydrogen-bond acceptors (Lipinski definition) is 4. The molecule has 0 saturated heterocycles. The molecule has 0 heterocycles. The van der Waals surface area contributed by atoms with Gasteiger partial charge in [0.1, 0.15) is 0 Å². The summed E-state index contributed by atoms with van der Waals surface area (Å²) in [5.41, 5.74) is 0. The van der Waals surface area contributed by atoms with E-state index in [4.69, 9.17) is 0 Å². The average Bonchev–Trinajstić information content (AvgIpc) is 2.54. The molecular weight excluding hydrogens is 172 g/mol. The number of carbonyl (C=O) groups excluding carboxylic acids is 2. The number of hydrogen-bond donors (Lipinski definition) is 1. The predicted molar refractivity (Wildman–Crippen MR) is 45.1 cm³/mol. The monoisotopic (exact) mass is 184 g/mol. The third kappa shape index (κ3) is 2.56. The molecular formula is C8H12N2O3. The first kappa shape index (κ1) is 9.74. The first-order chi connectivity index (χ1) is 6.27. The van der Waals surface area contributed by atoms with Crippen LogP contribution in [-0.2, 0) is 9.53 Å². The van der Waals surface area contributed by atoms with E-state index < -0.39 is 6.09 Å². The van der Waals surface area contributed by atoms with Gasteiger partial charge < -0.3 is 10.1 Å². The van der Waals surface area contributed by atoms with Gasteiger partial charge in [0, 0.05) is 0 Å². The van der Waals surface area contributed by atoms with Crippen molar-refractivity contribution in [2.24, 2.45) is 4.99 Å². The molecule has 1 amide bonds. The molecule has 13 heavy (non-hydrogen) atoms. The van der Waals surface area contributed by atoms with Gasteiger partial charge in [0.05, 0.1) is 19.2 Å². The Labute approximate surface area is 76.2 Å². The zero-order chi connectivity index (χ0) is 9.68. The van der Waals surface area contributed by atoms with Gasteiger partial charge in [0.2, 0.25) is 6.08 Å². The Kier molecular flexibility index (Phi) is 3.46. The summed E-state index contributed by atoms with van der Waals surface area (Å²) in [6.07, 6.45) is 3.66. The number of nitrogens with zero attached hydrogens (tertiary/aromatic N) is 1. The lowest BCUT2D eigenvalue weighted by atomic mass is 10.2. The minimum absolute atomic E-state index is 0.0751. The fraction of sp³-hybridized carbons (Fsp3) is 0.750. The summed E-state index contributed by atoms with van der Waals surface area (Å²) >= 11 is 0. The number of aliphatic imine (C=N–C) groups is 1. The third-order valence-corrected chi connectivity index (χ3v) is 2.19. The molecule has 2 unspecified atom stereocenters. The normalized spacial score (nSPS) is 26.2. The van der Waals surface area contributed by atoms with Crippen molar-refractivity contribution < 1.29 is 14.3 Å². The highest BCUT2D eigenvalue weighted by molar-refractivity contribution is 5.67. The molecule has 5 heteroatoms. The van der Waals surface area contributed by atoms with Gasteiger partial charge in [-0.15, -0.1) is 0 Å². The van der Waals surface area contributed by atoms with Crippen LogP contribution in [0.25, 0.3) is 0 Å². The number of nitrogens with one attached hydrogen (secondary N) is 1. The van der Waals surface area contributed by atoms with E-state index in [0.717, 1.165) is 19.3 Å². The SMILES string of the molecule is COC(=O)NC1CCCC1N=C=O. The summed E-state index contributed by atoms with van der Waals surface area (Å²) in [5.74, 6) is 0. The number of alkyl carbamates (subject to hydrolysis) is 1. The van der Waals surface area contributed by atoms with E-state index in [1.54, 1.807) is 0 Å². The molecule has 1 aliphatic rings. The van der Waals surface area contributed by atoms with Crippen LogP contribution in [0.3, 0.4) is 0 Å². The van der Waals surface area contributed by atoms with Crippen LogP contribution in [0.1, 0.15) is 19.3 Å². The maximum absolute atomic E-state index is 10.8. The second-order valence-corrected chi connectivity index (χ2v) is 2.96. The second-order valence-electron chi connectivity index (χ2n) is 2.96. The van der Waals surface area contributed by atoms with Crippen LogP contribution in [0.4, 0.5) is 4.79 Å². The van der Waals surface area contributed by atoms with Crippen LogP contribution in [0, 0.1) is 0 Å². The van der Waals surface area contributed by atoms with Crippen molar-refractivity contribution >= 4 is 12.2 Å². The highest BCUT2D eigenvalue weighted by atomic mass is 16.5. The van der Waals surface area contributed by atoms with Gasteiger partial charge in [-0.2, -0.15) is 0 Å². The summed E-state index contributed by atoms with van der Waals surface area (Å²) in [4.78, 5) is 24.5. The molecule has 1 saturated carbocycles. The van der Waals surface area contributed by atoms with Crippen molar-refractivity contribution in [3.8, 4) is 0 Å². The minimum Gasteiger partial charge on any atom is -0.453 e. The van der Waals surface area contributed by atoms with Gasteiger partial charge in [-0.25, -0.2) is 14.6 Å². The molecule has 5 nitrogen and oxygen atoms in total. The van der Waals surface area contributed by atoms with E-state index in [2.05, 4.69) is 15.0 Å². The number of amides is 1. The van der Waals surface area contributed by atoms with Crippen LogP contribution in [0.15, 0.2) is 4.99 Å². The molecule has 0 radical (unpaired) electrons. The Morgan fingerprint density at radius 3 is 3.00 bits per heavy atom. The minimum atomic E-state index is -0.474. The topological polar surface area (TPSA) is 67.8 Å². The van der Waals surface area contributed by atoms with Crippen LogP contribution in [-0.4, -0.2) is 31.4 Å². The molecule has 1 rings (SSSR count). The molecule has 0 aromatic heterocycles. The summed E-state index contributed by atoms with van der Waals surface area (Å²) in [5, 5.41) is 2.63. The summed E-state index contributed by atoms with van der Waals surface area (Å²) in [6, 6.07) is -0.203. The van der Waals surface area contributed by atoms with Gasteiger partial charge in [-0.3, -0.25) is 0 Å². The summed E-state index contributed by atoms with van der Waals surface area (Å²) in [7, 11) is 1.31. The lowest BCUT2D eigenvalue weighted by Gasteiger charge is -2.14. The molecule has 1 N–H and O–H groups in total. The molecule has 72 valence electrons. The predicted octanol–water partition coefficient (Wildman–Crippen LogP) is 0.599. The quantitative estimate of drug-likeness (QED) is 0.504. The lowest BCUT2D eigenvalue weighted by Crippen LogP contribution is -2.39. The number of rotatable bonds is 2. The fourth-order valence-corrected chi connectivity index (χ4v) is 1.54. The summed E-state index contributed by atoms with van der Waals surface area (Å²) < 4.78 is 4.45. The van der Waals surface area contributed by atoms with Crippen LogP contribution in [0.5, 0.6) is 0 Å². The fourth-order valence-electron chi connectivity index (χ4n) is 1.54. The van der Waals surface area contributed by atoms with Crippen molar-refractivity contribution in [1.29, 1.82) is 0 Å². The van der Waals surface area contributed by atoms with Crippen molar-refractivity contribution in [3.63, 3.8) is 0 Å². The summed E-state index contributed by atoms with van der Waals surface area (Å²) in [6.45, 7) is 0. The second kappa shape index (κ2) is 4.62. The standard InChI is InChI=1S/C8H12N2O3/c1-13-8(12)10-7-4-2-3-6(7)9-5-11/h6-7H,2-4H2,1H3,(H,10,12). The van der Waals surface area contributed by atoms with Crippen molar-refractivity contribution in [2.45, 2.75) is 31.3 Å². The highest BCUT2D eigenvalue weighted by Gasteiger charge is 2.28. The van der Waals surface area contributed by atoms with Crippen molar-refractivity contribution in [2.75, 3.05) is 7.11 Å². The Bertz CT molecular complexity index is 236. The maximum atomic E-state index is 10.8. The van der Waals surface area contributed by atoms with Gasteiger partial charge in [-0.05, 0) is 19.3 Å². The third-order valence-electron chi connectivity index (χ3n) is 2.19. The average molecular weight is 184 g/mol. The largest absolute Gasteiger partial charge is 0.453 e. The first-order valence-corrected chi connectivity index (χ1v) is 4.19. The number of carbonyl (C=O) groups is 1. The van der Waals surface area contributed by atoms with E-state index in [1.807, 2.05) is 0 Å². The Balaban J connectivity index is 2.48. The Hall–Kier alpha value is -1.35. The lowest BCUT2D eigenvalue weighted by molar-refractivity contribution is 0.166. The van der Waals surface area contributed by atoms with E-state index in [0.29, 0.717) is 0 Å². The van der Waals surface area contributed by atoms with E-state index in [1.165, 1.54) is 13.2 Å². The molecule has 2 atom stereocenters. The molecule has 0 aromatic carbocycles. The van der Waals surface area contributed by atoms with Crippen molar-refractivity contribution in [1.82, 2.24) is 5.32 Å². The van der Waals surface area contributed by atoms with Gasteiger partial charge in [0.25, 0.3) is 0 Å². The van der Waals surface area contributed by atoms with E-state index >= 15 is 0 Å². The maximum Gasteiger partial charge on any atom is 0.407 e. The highest BCUT2D eigenvalue weighted by Crippen LogP contribution is 2.21. The molecule has 0 aliphatic heterocycles. The van der Waals surface area contributed by atoms with Crippen LogP contribution >= 0.6 is 0 Å². The van der Waals surface area contributed by atoms with Gasteiger partial charge >= 0.3 is 6.09 Å². The smallest absolute Gasteiger partial charge is 0.407 e. The van der Waals surface area contributed by atoms with E-state index in [-0.39, 0.29) is 12.1 Å². The molecule has 1 aliphatic carbocycles. The molecule has 0 bridgehead atoms. The van der Waals surface area contributed by atoms with Crippen molar-refractivity contribution in [3.05, 3.63) is 0 Å². The van der Waals surface area contributed by atoms with Gasteiger partial charge in [0.15, 0.2) is 0 Å². The number of isocyanates is 1. The zero-order valence-corrected chi connectivity index (χ0v) is 7.45. The zero-order valence-electron chi connectivity index (χ0n) is 7.45. The molecule has 0 spiro atoms.